The highest BCUT2D eigenvalue weighted by molar-refractivity contribution is 9.10. The van der Waals surface area contributed by atoms with Crippen molar-refractivity contribution in [2.24, 2.45) is 11.8 Å². The van der Waals surface area contributed by atoms with Crippen LogP contribution in [0.3, 0.4) is 0 Å². The van der Waals surface area contributed by atoms with Crippen LogP contribution in [0.15, 0.2) is 22.7 Å². The number of rotatable bonds is 9. The van der Waals surface area contributed by atoms with Gasteiger partial charge in [0.1, 0.15) is 12.4 Å². The molecule has 0 saturated heterocycles. The summed E-state index contributed by atoms with van der Waals surface area (Å²) in [5.41, 5.74) is 1.35. The van der Waals surface area contributed by atoms with Crippen molar-refractivity contribution in [2.45, 2.75) is 32.7 Å². The molecular formula is C17H26BrNO2. The first kappa shape index (κ1) is 16.8. The monoisotopic (exact) mass is 355 g/mol. The molecule has 1 aromatic carbocycles. The van der Waals surface area contributed by atoms with Crippen LogP contribution < -0.4 is 10.1 Å². The van der Waals surface area contributed by atoms with Gasteiger partial charge in [0.25, 0.3) is 0 Å². The molecule has 1 aliphatic carbocycles. The Hall–Kier alpha value is -0.580. The highest BCUT2D eigenvalue weighted by atomic mass is 79.9. The largest absolute Gasteiger partial charge is 0.490 e. The molecule has 2 rings (SSSR count). The lowest BCUT2D eigenvalue weighted by molar-refractivity contribution is 0.146. The Labute approximate surface area is 136 Å². The normalized spacial score (nSPS) is 22.1. The summed E-state index contributed by atoms with van der Waals surface area (Å²) in [6.07, 6.45) is 2.49. The summed E-state index contributed by atoms with van der Waals surface area (Å²) < 4.78 is 11.7. The summed E-state index contributed by atoms with van der Waals surface area (Å²) >= 11 is 3.63. The van der Waals surface area contributed by atoms with Gasteiger partial charge in [0.05, 0.1) is 11.1 Å². The molecule has 0 radical (unpaired) electrons. The second kappa shape index (κ2) is 8.16. The molecule has 1 N–H and O–H groups in total. The lowest BCUT2D eigenvalue weighted by Crippen LogP contribution is -2.24. The third-order valence-corrected chi connectivity index (χ3v) is 4.69. The smallest absolute Gasteiger partial charge is 0.133 e. The fraction of sp³-hybridized carbons (Fsp3) is 0.647. The molecule has 0 heterocycles. The first-order valence-electron chi connectivity index (χ1n) is 7.82. The zero-order valence-electron chi connectivity index (χ0n) is 13.2. The minimum absolute atomic E-state index is 0.462. The van der Waals surface area contributed by atoms with Gasteiger partial charge in [-0.1, -0.05) is 19.9 Å². The highest BCUT2D eigenvalue weighted by Gasteiger charge is 2.39. The van der Waals surface area contributed by atoms with Crippen molar-refractivity contribution in [3.63, 3.8) is 0 Å². The Morgan fingerprint density at radius 1 is 1.38 bits per heavy atom. The number of nitrogens with one attached hydrogen (secondary N) is 1. The van der Waals surface area contributed by atoms with E-state index in [1.165, 1.54) is 12.0 Å². The molecular weight excluding hydrogens is 330 g/mol. The topological polar surface area (TPSA) is 30.5 Å². The molecule has 0 bridgehead atoms. The number of methoxy groups -OCH3 is 1. The van der Waals surface area contributed by atoms with Crippen LogP contribution in [-0.4, -0.2) is 26.9 Å². The average molecular weight is 356 g/mol. The Balaban J connectivity index is 2.05. The minimum Gasteiger partial charge on any atom is -0.490 e. The van der Waals surface area contributed by atoms with E-state index in [0.29, 0.717) is 19.3 Å². The Morgan fingerprint density at radius 2 is 2.14 bits per heavy atom. The van der Waals surface area contributed by atoms with E-state index in [0.717, 1.165) is 35.0 Å². The van der Waals surface area contributed by atoms with Gasteiger partial charge in [-0.3, -0.25) is 0 Å². The van der Waals surface area contributed by atoms with Crippen molar-refractivity contribution in [2.75, 3.05) is 26.9 Å². The molecule has 21 heavy (non-hydrogen) atoms. The molecule has 1 aromatic rings. The summed E-state index contributed by atoms with van der Waals surface area (Å²) in [5, 5.41) is 3.70. The fourth-order valence-electron chi connectivity index (χ4n) is 2.69. The second-order valence-corrected chi connectivity index (χ2v) is 6.69. The van der Waals surface area contributed by atoms with E-state index < -0.39 is 0 Å². The first-order valence-corrected chi connectivity index (χ1v) is 8.61. The summed E-state index contributed by atoms with van der Waals surface area (Å²) in [6.45, 7) is 6.79. The maximum Gasteiger partial charge on any atom is 0.133 e. The van der Waals surface area contributed by atoms with Gasteiger partial charge in [0.2, 0.25) is 0 Å². The Bertz CT molecular complexity index is 452. The highest BCUT2D eigenvalue weighted by Crippen LogP contribution is 2.47. The van der Waals surface area contributed by atoms with Crippen molar-refractivity contribution in [1.82, 2.24) is 5.32 Å². The van der Waals surface area contributed by atoms with Crippen LogP contribution in [0.5, 0.6) is 5.75 Å². The van der Waals surface area contributed by atoms with Gasteiger partial charge in [0.15, 0.2) is 0 Å². The van der Waals surface area contributed by atoms with Gasteiger partial charge < -0.3 is 14.8 Å². The van der Waals surface area contributed by atoms with Crippen LogP contribution >= 0.6 is 15.9 Å². The van der Waals surface area contributed by atoms with Crippen LogP contribution in [0, 0.1) is 11.8 Å². The van der Waals surface area contributed by atoms with E-state index in [1.54, 1.807) is 7.11 Å². The van der Waals surface area contributed by atoms with Gasteiger partial charge in [-0.25, -0.2) is 0 Å². The van der Waals surface area contributed by atoms with E-state index in [4.69, 9.17) is 9.47 Å². The van der Waals surface area contributed by atoms with Crippen LogP contribution in [0.25, 0.3) is 0 Å². The van der Waals surface area contributed by atoms with Crippen molar-refractivity contribution < 1.29 is 9.47 Å². The van der Waals surface area contributed by atoms with Gasteiger partial charge in [-0.15, -0.1) is 0 Å². The molecule has 3 unspecified atom stereocenters. The molecule has 3 atom stereocenters. The predicted octanol–water partition coefficient (Wildman–Crippen LogP) is 4.17. The summed E-state index contributed by atoms with van der Waals surface area (Å²) in [4.78, 5) is 0. The van der Waals surface area contributed by atoms with Gasteiger partial charge in [0, 0.05) is 13.2 Å². The van der Waals surface area contributed by atoms with E-state index in [9.17, 15) is 0 Å². The van der Waals surface area contributed by atoms with Crippen molar-refractivity contribution in [3.8, 4) is 5.75 Å². The third-order valence-electron chi connectivity index (χ3n) is 4.07. The summed E-state index contributed by atoms with van der Waals surface area (Å²) in [7, 11) is 1.68. The third kappa shape index (κ3) is 4.70. The van der Waals surface area contributed by atoms with Gasteiger partial charge >= 0.3 is 0 Å². The zero-order valence-corrected chi connectivity index (χ0v) is 14.8. The first-order chi connectivity index (χ1) is 10.2. The van der Waals surface area contributed by atoms with Crippen LogP contribution in [0.1, 0.15) is 38.3 Å². The van der Waals surface area contributed by atoms with Crippen molar-refractivity contribution in [1.29, 1.82) is 0 Å². The number of hydrogen-bond acceptors (Lipinski definition) is 3. The zero-order chi connectivity index (χ0) is 15.2. The van der Waals surface area contributed by atoms with Crippen molar-refractivity contribution >= 4 is 15.9 Å². The number of hydrogen-bond donors (Lipinski definition) is 1. The number of benzene rings is 1. The van der Waals surface area contributed by atoms with E-state index in [-0.39, 0.29) is 0 Å². The quantitative estimate of drug-likeness (QED) is 0.674. The average Bonchev–Trinajstić information content (AvgIpc) is 3.18. The van der Waals surface area contributed by atoms with Crippen LogP contribution in [0.4, 0.5) is 0 Å². The molecule has 1 saturated carbocycles. The SMILES string of the molecule is CCCNC(c1ccc(OCCOC)c(Br)c1)C1CC1C. The predicted molar refractivity (Wildman–Crippen MR) is 89.8 cm³/mol. The lowest BCUT2D eigenvalue weighted by atomic mass is 10.0. The lowest BCUT2D eigenvalue weighted by Gasteiger charge is -2.20. The minimum atomic E-state index is 0.462. The molecule has 0 spiro atoms. The molecule has 1 fully saturated rings. The molecule has 1 aliphatic rings. The molecule has 118 valence electrons. The standard InChI is InChI=1S/C17H26BrNO2/c1-4-7-19-17(14-10-12(14)2)13-5-6-16(15(18)11-13)21-9-8-20-3/h5-6,11-12,14,17,19H,4,7-10H2,1-3H3. The van der Waals surface area contributed by atoms with E-state index >= 15 is 0 Å². The van der Waals surface area contributed by atoms with Gasteiger partial charge in [-0.2, -0.15) is 0 Å². The molecule has 0 aromatic heterocycles. The second-order valence-electron chi connectivity index (χ2n) is 5.84. The molecule has 0 aliphatic heterocycles. The maximum atomic E-state index is 5.70. The Morgan fingerprint density at radius 3 is 2.71 bits per heavy atom. The van der Waals surface area contributed by atoms with E-state index in [2.05, 4.69) is 53.3 Å². The van der Waals surface area contributed by atoms with Crippen molar-refractivity contribution in [3.05, 3.63) is 28.2 Å². The summed E-state index contributed by atoms with van der Waals surface area (Å²) in [5.74, 6) is 2.48. The summed E-state index contributed by atoms with van der Waals surface area (Å²) in [6, 6.07) is 6.90. The van der Waals surface area contributed by atoms with Crippen LogP contribution in [0.2, 0.25) is 0 Å². The number of halogens is 1. The Kier molecular flexibility index (Phi) is 6.52. The molecule has 3 nitrogen and oxygen atoms in total. The molecule has 4 heteroatoms. The maximum absolute atomic E-state index is 5.70. The molecule has 0 amide bonds. The van der Waals surface area contributed by atoms with Gasteiger partial charge in [-0.05, 0) is 64.8 Å². The fourth-order valence-corrected chi connectivity index (χ4v) is 3.21. The number of ether oxygens (including phenoxy) is 2. The van der Waals surface area contributed by atoms with Crippen LogP contribution in [-0.2, 0) is 4.74 Å². The van der Waals surface area contributed by atoms with E-state index in [1.807, 2.05) is 0 Å².